The van der Waals surface area contributed by atoms with E-state index in [1.165, 1.54) is 17.2 Å². The summed E-state index contributed by atoms with van der Waals surface area (Å²) in [6.45, 7) is -0.0505. The van der Waals surface area contributed by atoms with Gasteiger partial charge < -0.3 is 46.3 Å². The second-order valence-corrected chi connectivity index (χ2v) is 14.5. The Kier molecular flexibility index (Phi) is 14.4. The van der Waals surface area contributed by atoms with Crippen LogP contribution in [0.4, 0.5) is 5.82 Å². The highest BCUT2D eigenvalue weighted by Gasteiger charge is 2.34. The van der Waals surface area contributed by atoms with E-state index in [2.05, 4.69) is 39.6 Å². The predicted molar refractivity (Wildman–Crippen MR) is 204 cm³/mol. The highest BCUT2D eigenvalue weighted by Crippen LogP contribution is 2.46. The molecular formula is C41H54N5O6-. The predicted octanol–water partition coefficient (Wildman–Crippen LogP) is 6.00. The number of rotatable bonds is 21. The molecule has 11 nitrogen and oxygen atoms in total. The molecule has 6 unspecified atom stereocenters. The van der Waals surface area contributed by atoms with Gasteiger partial charge in [-0.05, 0) is 102 Å². The molecule has 7 N–H and O–H groups in total. The Bertz CT molecular complexity index is 1690. The Hall–Kier alpha value is -4.48. The van der Waals surface area contributed by atoms with Crippen molar-refractivity contribution in [1.29, 1.82) is 0 Å². The van der Waals surface area contributed by atoms with Crippen LogP contribution in [0.3, 0.4) is 0 Å². The minimum absolute atomic E-state index is 0.000153. The summed E-state index contributed by atoms with van der Waals surface area (Å²) in [7, 11) is 0. The summed E-state index contributed by atoms with van der Waals surface area (Å²) in [5.41, 5.74) is 10.3. The van der Waals surface area contributed by atoms with Crippen molar-refractivity contribution in [1.82, 2.24) is 10.3 Å². The van der Waals surface area contributed by atoms with E-state index in [0.717, 1.165) is 86.7 Å². The lowest BCUT2D eigenvalue weighted by atomic mass is 9.69. The molecule has 3 aromatic rings. The van der Waals surface area contributed by atoms with Crippen LogP contribution in [0.5, 0.6) is 0 Å². The maximum absolute atomic E-state index is 12.3. The van der Waals surface area contributed by atoms with Gasteiger partial charge in [-0.25, -0.2) is 9.79 Å². The maximum Gasteiger partial charge on any atom is 0.328 e. The third-order valence-corrected chi connectivity index (χ3v) is 10.8. The van der Waals surface area contributed by atoms with Crippen LogP contribution in [0, 0.1) is 11.8 Å². The van der Waals surface area contributed by atoms with Crippen molar-refractivity contribution in [3.8, 4) is 0 Å². The molecule has 11 heteroatoms. The summed E-state index contributed by atoms with van der Waals surface area (Å²) in [6, 6.07) is 13.2. The van der Waals surface area contributed by atoms with Crippen LogP contribution in [0.1, 0.15) is 93.2 Å². The number of carbonyl (C=O) groups excluding carboxylic acids is 2. The minimum atomic E-state index is -1.08. The van der Waals surface area contributed by atoms with Gasteiger partial charge in [0.05, 0.1) is 18.7 Å². The summed E-state index contributed by atoms with van der Waals surface area (Å²) in [6.07, 6.45) is 15.4. The molecule has 2 aliphatic rings. The SMILES string of the molecule is NC1=NC(C(=CC(=O)O)C(CC2CCc3cc4ccc(CC=O)cc4cc3C2CCCCCCC(C=O)CCCO)[N-]c2ccc[nH]2)CC(CO)N1. The smallest absolute Gasteiger partial charge is 0.328 e. The van der Waals surface area contributed by atoms with Gasteiger partial charge >= 0.3 is 5.97 Å². The number of nitrogens with zero attached hydrogens (tertiary/aromatic N) is 2. The molecule has 6 atom stereocenters. The van der Waals surface area contributed by atoms with E-state index in [0.29, 0.717) is 37.1 Å². The second-order valence-electron chi connectivity index (χ2n) is 14.5. The Balaban J connectivity index is 1.44. The number of aromatic amines is 1. The molecule has 0 saturated heterocycles. The second kappa shape index (κ2) is 19.4. The Morgan fingerprint density at radius 3 is 2.60 bits per heavy atom. The number of aliphatic hydroxyl groups is 2. The summed E-state index contributed by atoms with van der Waals surface area (Å²) in [5, 5.41) is 39.6. The first kappa shape index (κ1) is 38.7. The lowest BCUT2D eigenvalue weighted by Crippen LogP contribution is -2.49. The molecule has 52 heavy (non-hydrogen) atoms. The van der Waals surface area contributed by atoms with Crippen molar-refractivity contribution in [2.24, 2.45) is 22.6 Å². The zero-order valence-corrected chi connectivity index (χ0v) is 30.0. The van der Waals surface area contributed by atoms with E-state index in [4.69, 9.17) is 16.2 Å². The molecule has 0 radical (unpaired) electrons. The number of carboxylic acids is 1. The molecule has 1 aromatic heterocycles. The maximum atomic E-state index is 12.3. The number of unbranched alkanes of at least 4 members (excludes halogenated alkanes) is 3. The largest absolute Gasteiger partial charge is 0.478 e. The topological polar surface area (TPSA) is 192 Å². The molecule has 5 rings (SSSR count). The number of aliphatic hydroxyl groups excluding tert-OH is 2. The fourth-order valence-electron chi connectivity index (χ4n) is 8.23. The van der Waals surface area contributed by atoms with Crippen LogP contribution in [-0.4, -0.2) is 76.1 Å². The lowest BCUT2D eigenvalue weighted by Gasteiger charge is -2.40. The van der Waals surface area contributed by atoms with Crippen LogP contribution in [0.25, 0.3) is 16.1 Å². The number of guanidine groups is 1. The van der Waals surface area contributed by atoms with Crippen LogP contribution in [0.2, 0.25) is 0 Å². The number of fused-ring (bicyclic) bond motifs is 2. The van der Waals surface area contributed by atoms with Gasteiger partial charge in [0.1, 0.15) is 12.6 Å². The molecule has 1 aliphatic carbocycles. The fraction of sp³-hybridized carbons (Fsp3) is 0.512. The number of nitrogens with one attached hydrogen (secondary N) is 2. The van der Waals surface area contributed by atoms with Crippen LogP contribution in [0.15, 0.2) is 65.3 Å². The molecule has 0 fully saturated rings. The molecule has 2 heterocycles. The quantitative estimate of drug-likeness (QED) is 0.0440. The number of hydrogen-bond acceptors (Lipinski definition) is 8. The van der Waals surface area contributed by atoms with Gasteiger partial charge in [0.2, 0.25) is 0 Å². The summed E-state index contributed by atoms with van der Waals surface area (Å²) in [5.74, 6) is 0.141. The number of hydrogen-bond donors (Lipinski definition) is 6. The zero-order valence-electron chi connectivity index (χ0n) is 30.0. The van der Waals surface area contributed by atoms with E-state index in [9.17, 15) is 24.6 Å². The summed E-state index contributed by atoms with van der Waals surface area (Å²) >= 11 is 0. The number of aromatic nitrogens is 1. The lowest BCUT2D eigenvalue weighted by molar-refractivity contribution is -0.131. The molecule has 0 bridgehead atoms. The molecule has 1 aliphatic heterocycles. The Morgan fingerprint density at radius 1 is 1.04 bits per heavy atom. The number of carbonyl (C=O) groups is 3. The van der Waals surface area contributed by atoms with Crippen molar-refractivity contribution in [3.63, 3.8) is 0 Å². The first-order chi connectivity index (χ1) is 25.3. The van der Waals surface area contributed by atoms with Crippen molar-refractivity contribution in [2.75, 3.05) is 13.2 Å². The normalized spacial score (nSPS) is 21.4. The van der Waals surface area contributed by atoms with Gasteiger partial charge in [-0.1, -0.05) is 80.2 Å². The van der Waals surface area contributed by atoms with Crippen LogP contribution in [-0.2, 0) is 27.2 Å². The van der Waals surface area contributed by atoms with E-state index in [1.54, 1.807) is 6.20 Å². The number of aryl methyl sites for hydroxylation is 1. The molecule has 280 valence electrons. The highest BCUT2D eigenvalue weighted by molar-refractivity contribution is 5.86. The van der Waals surface area contributed by atoms with Crippen molar-refractivity contribution in [3.05, 3.63) is 82.3 Å². The number of benzene rings is 2. The molecule has 0 saturated carbocycles. The number of aliphatic carboxylic acids is 1. The summed E-state index contributed by atoms with van der Waals surface area (Å²) < 4.78 is 0. The van der Waals surface area contributed by atoms with Gasteiger partial charge in [-0.15, -0.1) is 0 Å². The minimum Gasteiger partial charge on any atom is -0.478 e. The van der Waals surface area contributed by atoms with Crippen LogP contribution < -0.4 is 11.1 Å². The first-order valence-corrected chi connectivity index (χ1v) is 18.9. The van der Waals surface area contributed by atoms with Crippen molar-refractivity contribution in [2.45, 2.75) is 108 Å². The first-order valence-electron chi connectivity index (χ1n) is 18.9. The number of aldehydes is 2. The summed E-state index contributed by atoms with van der Waals surface area (Å²) in [4.78, 5) is 43.0. The average Bonchev–Trinajstić information content (AvgIpc) is 3.65. The molecular weight excluding hydrogens is 658 g/mol. The van der Waals surface area contributed by atoms with Gasteiger partial charge in [-0.3, -0.25) is 0 Å². The van der Waals surface area contributed by atoms with Crippen molar-refractivity contribution < 1.29 is 29.7 Å². The third-order valence-electron chi connectivity index (χ3n) is 10.8. The van der Waals surface area contributed by atoms with Gasteiger partial charge in [0.25, 0.3) is 0 Å². The van der Waals surface area contributed by atoms with E-state index < -0.39 is 18.1 Å². The molecule has 0 amide bonds. The fourth-order valence-corrected chi connectivity index (χ4v) is 8.23. The van der Waals surface area contributed by atoms with E-state index in [1.807, 2.05) is 18.2 Å². The standard InChI is InChI=1S/C41H54N5O6/c42-41-44-33(26-50)23-38(46-41)36(24-40(51)52)37(45-39-10-5-16-43-39)22-31-14-13-30-20-29-12-11-27(15-18-48)19-32(29)21-35(30)34(31)9-4-2-1-3-7-28(25-49)8-6-17-47/h5,10-12,16,18-21,24-25,28,31,33-34,37-38,43,47,50H,1-4,6-9,13-15,17,22-23,26H2,(H,51,52)(H3,42,44,46)/q-1. The third kappa shape index (κ3) is 10.5. The monoisotopic (exact) mass is 712 g/mol. The molecule has 0 spiro atoms. The number of carboxylic acid groups (broad SMARTS) is 1. The van der Waals surface area contributed by atoms with E-state index in [-0.39, 0.29) is 43.0 Å². The Labute approximate surface area is 306 Å². The Morgan fingerprint density at radius 2 is 1.87 bits per heavy atom. The number of nitrogens with two attached hydrogens (primary N) is 1. The van der Waals surface area contributed by atoms with E-state index >= 15 is 0 Å². The van der Waals surface area contributed by atoms with Gasteiger partial charge in [0.15, 0.2) is 5.96 Å². The van der Waals surface area contributed by atoms with Gasteiger partial charge in [-0.2, -0.15) is 0 Å². The zero-order chi connectivity index (χ0) is 36.9. The molecule has 2 aromatic carbocycles. The van der Waals surface area contributed by atoms with Crippen LogP contribution >= 0.6 is 0 Å². The van der Waals surface area contributed by atoms with Gasteiger partial charge in [0, 0.05) is 25.0 Å². The van der Waals surface area contributed by atoms with Crippen molar-refractivity contribution >= 4 is 41.1 Å². The number of aliphatic imine (C=N–C) groups is 1. The highest BCUT2D eigenvalue weighted by atomic mass is 16.4. The number of H-pyrrole nitrogens is 1. The average molecular weight is 713 g/mol.